The Morgan fingerprint density at radius 1 is 1.12 bits per heavy atom. The molecule has 0 spiro atoms. The molecule has 1 amide bonds. The lowest BCUT2D eigenvalue weighted by molar-refractivity contribution is 0.00642. The van der Waals surface area contributed by atoms with Crippen molar-refractivity contribution in [2.75, 3.05) is 40.3 Å². The maximum absolute atomic E-state index is 12.4. The Morgan fingerprint density at radius 2 is 1.75 bits per heavy atom. The van der Waals surface area contributed by atoms with Gasteiger partial charge in [-0.15, -0.1) is 4.31 Å². The second kappa shape index (κ2) is 11.4. The number of piperazine rings is 1. The van der Waals surface area contributed by atoms with E-state index in [0.29, 0.717) is 12.1 Å². The Hall–Kier alpha value is -0.970. The van der Waals surface area contributed by atoms with Crippen LogP contribution in [0, 0.1) is 0 Å². The van der Waals surface area contributed by atoms with E-state index in [1.165, 1.54) is 19.3 Å². The normalized spacial score (nSPS) is 23.9. The molecule has 2 fully saturated rings. The van der Waals surface area contributed by atoms with Crippen molar-refractivity contribution in [2.45, 2.75) is 73.9 Å². The number of carbonyl (C=O) groups is 1. The molecule has 0 aromatic heterocycles. The molecule has 9 heteroatoms. The van der Waals surface area contributed by atoms with Crippen molar-refractivity contribution in [3.63, 3.8) is 0 Å². The molecule has 1 saturated heterocycles. The summed E-state index contributed by atoms with van der Waals surface area (Å²) in [6.45, 7) is 8.94. The van der Waals surface area contributed by atoms with Crippen LogP contribution in [0.4, 0.5) is 4.79 Å². The molecule has 7 nitrogen and oxygen atoms in total. The molecular formula is C23H38N4O3S2. The molecule has 1 saturated carbocycles. The van der Waals surface area contributed by atoms with Gasteiger partial charge < -0.3 is 14.2 Å². The van der Waals surface area contributed by atoms with Gasteiger partial charge in [-0.25, -0.2) is 4.79 Å². The van der Waals surface area contributed by atoms with Crippen LogP contribution in [-0.4, -0.2) is 82.7 Å². The molecule has 1 aromatic carbocycles. The van der Waals surface area contributed by atoms with Gasteiger partial charge in [-0.1, -0.05) is 12.8 Å². The average molecular weight is 483 g/mol. The van der Waals surface area contributed by atoms with Gasteiger partial charge in [-0.05, 0) is 69.8 Å². The van der Waals surface area contributed by atoms with Gasteiger partial charge in [-0.3, -0.25) is 9.62 Å². The van der Waals surface area contributed by atoms with Crippen LogP contribution in [0.3, 0.4) is 0 Å². The Labute approximate surface area is 200 Å². The number of amides is 1. The Morgan fingerprint density at radius 3 is 2.34 bits per heavy atom. The minimum Gasteiger partial charge on any atom is -0.593 e. The number of nitrogens with one attached hydrogen (secondary N) is 1. The molecular weight excluding hydrogens is 444 g/mol. The summed E-state index contributed by atoms with van der Waals surface area (Å²) < 4.78 is 23.1. The first kappa shape index (κ1) is 25.6. The number of nitrogens with zero attached hydrogens (tertiary/aromatic N) is 3. The molecule has 3 rings (SSSR count). The molecule has 3 unspecified atom stereocenters. The first-order chi connectivity index (χ1) is 15.1. The van der Waals surface area contributed by atoms with Crippen LogP contribution in [-0.2, 0) is 16.1 Å². The summed E-state index contributed by atoms with van der Waals surface area (Å²) in [5, 5.41) is 0. The van der Waals surface area contributed by atoms with Crippen LogP contribution < -0.4 is 4.72 Å². The van der Waals surface area contributed by atoms with E-state index in [1.54, 1.807) is 16.3 Å². The minimum atomic E-state index is -1.11. The van der Waals surface area contributed by atoms with Crippen molar-refractivity contribution < 1.29 is 14.1 Å². The van der Waals surface area contributed by atoms with Gasteiger partial charge >= 0.3 is 6.09 Å². The van der Waals surface area contributed by atoms with E-state index in [-0.39, 0.29) is 6.09 Å². The Balaban J connectivity index is 1.51. The Kier molecular flexibility index (Phi) is 9.17. The standard InChI is InChI=1S/C23H38N4O3S2/c1-23(2,3)30-22(28)27-16-14-26(15-17-27)21-9-7-6-8-20(21)24-31-18-10-12-19(13-11-18)32(29)25(4)5/h10-13,20-21,24H,6-9,14-17H2,1-5H3. The van der Waals surface area contributed by atoms with Gasteiger partial charge in [0.25, 0.3) is 0 Å². The zero-order chi connectivity index (χ0) is 23.3. The third-order valence-electron chi connectivity index (χ3n) is 5.85. The molecule has 2 aliphatic rings. The molecule has 0 bridgehead atoms. The van der Waals surface area contributed by atoms with E-state index in [4.69, 9.17) is 4.74 Å². The summed E-state index contributed by atoms with van der Waals surface area (Å²) in [6, 6.07) is 8.84. The highest BCUT2D eigenvalue weighted by Gasteiger charge is 2.34. The van der Waals surface area contributed by atoms with E-state index in [1.807, 2.05) is 64.0 Å². The first-order valence-corrected chi connectivity index (χ1v) is 13.4. The monoisotopic (exact) mass is 482 g/mol. The van der Waals surface area contributed by atoms with Crippen LogP contribution in [0.25, 0.3) is 0 Å². The van der Waals surface area contributed by atoms with Crippen molar-refractivity contribution in [3.8, 4) is 0 Å². The fourth-order valence-corrected chi connectivity index (χ4v) is 5.85. The molecule has 0 radical (unpaired) electrons. The highest BCUT2D eigenvalue weighted by molar-refractivity contribution is 7.97. The van der Waals surface area contributed by atoms with Crippen molar-refractivity contribution >= 4 is 29.4 Å². The number of hydrogen-bond acceptors (Lipinski definition) is 7. The number of ether oxygens (including phenoxy) is 1. The summed E-state index contributed by atoms with van der Waals surface area (Å²) in [5.74, 6) is 0. The second-order valence-electron chi connectivity index (χ2n) is 9.71. The molecule has 180 valence electrons. The van der Waals surface area contributed by atoms with Crippen LogP contribution >= 0.6 is 11.9 Å². The lowest BCUT2D eigenvalue weighted by Gasteiger charge is -2.44. The predicted octanol–water partition coefficient (Wildman–Crippen LogP) is 3.73. The molecule has 1 N–H and O–H groups in total. The quantitative estimate of drug-likeness (QED) is 0.489. The zero-order valence-corrected chi connectivity index (χ0v) is 21.6. The van der Waals surface area contributed by atoms with Crippen LogP contribution in [0.5, 0.6) is 0 Å². The summed E-state index contributed by atoms with van der Waals surface area (Å²) in [6.07, 6.45) is 4.64. The van der Waals surface area contributed by atoms with Gasteiger partial charge in [0, 0.05) is 57.3 Å². The summed E-state index contributed by atoms with van der Waals surface area (Å²) in [4.78, 5) is 18.7. The SMILES string of the molecule is CN(C)[S+]([O-])c1ccc(SNC2CCCCC2N2CCN(C(=O)OC(C)(C)C)CC2)cc1. The summed E-state index contributed by atoms with van der Waals surface area (Å²) in [7, 11) is 3.63. The van der Waals surface area contributed by atoms with E-state index < -0.39 is 17.0 Å². The number of benzene rings is 1. The molecule has 1 aliphatic heterocycles. The van der Waals surface area contributed by atoms with Gasteiger partial charge in [0.2, 0.25) is 0 Å². The van der Waals surface area contributed by atoms with Crippen molar-refractivity contribution in [2.24, 2.45) is 0 Å². The highest BCUT2D eigenvalue weighted by atomic mass is 32.2. The topological polar surface area (TPSA) is 71.1 Å². The maximum atomic E-state index is 12.4. The largest absolute Gasteiger partial charge is 0.593 e. The lowest BCUT2D eigenvalue weighted by atomic mass is 9.89. The van der Waals surface area contributed by atoms with E-state index in [0.717, 1.165) is 42.4 Å². The third-order valence-corrected chi connectivity index (χ3v) is 8.12. The van der Waals surface area contributed by atoms with E-state index in [9.17, 15) is 9.35 Å². The van der Waals surface area contributed by atoms with Crippen molar-refractivity contribution in [1.82, 2.24) is 18.8 Å². The van der Waals surface area contributed by atoms with Crippen molar-refractivity contribution in [1.29, 1.82) is 0 Å². The van der Waals surface area contributed by atoms with Gasteiger partial charge in [0.1, 0.15) is 5.60 Å². The smallest absolute Gasteiger partial charge is 0.410 e. The van der Waals surface area contributed by atoms with Gasteiger partial charge in [0.05, 0.1) is 11.4 Å². The number of carbonyl (C=O) groups excluding carboxylic acids is 1. The molecule has 1 aromatic rings. The van der Waals surface area contributed by atoms with Crippen LogP contribution in [0.15, 0.2) is 34.1 Å². The fraction of sp³-hybridized carbons (Fsp3) is 0.696. The zero-order valence-electron chi connectivity index (χ0n) is 20.0. The highest BCUT2D eigenvalue weighted by Crippen LogP contribution is 2.28. The predicted molar refractivity (Wildman–Crippen MR) is 131 cm³/mol. The maximum Gasteiger partial charge on any atom is 0.410 e. The first-order valence-electron chi connectivity index (χ1n) is 11.5. The second-order valence-corrected chi connectivity index (χ2v) is 12.3. The molecule has 1 heterocycles. The third kappa shape index (κ3) is 7.27. The summed E-state index contributed by atoms with van der Waals surface area (Å²) in [5.41, 5.74) is -0.455. The van der Waals surface area contributed by atoms with Crippen LogP contribution in [0.2, 0.25) is 0 Å². The van der Waals surface area contributed by atoms with Crippen molar-refractivity contribution in [3.05, 3.63) is 24.3 Å². The molecule has 32 heavy (non-hydrogen) atoms. The summed E-state index contributed by atoms with van der Waals surface area (Å²) >= 11 is 0.549. The molecule has 1 aliphatic carbocycles. The number of rotatable bonds is 6. The Bertz CT molecular complexity index is 734. The van der Waals surface area contributed by atoms with E-state index >= 15 is 0 Å². The van der Waals surface area contributed by atoms with Gasteiger partial charge in [0.15, 0.2) is 4.90 Å². The van der Waals surface area contributed by atoms with Crippen LogP contribution in [0.1, 0.15) is 46.5 Å². The van der Waals surface area contributed by atoms with Gasteiger partial charge in [-0.2, -0.15) is 0 Å². The van der Waals surface area contributed by atoms with E-state index in [2.05, 4.69) is 9.62 Å². The number of hydrogen-bond donors (Lipinski definition) is 1. The molecule has 3 atom stereocenters. The lowest BCUT2D eigenvalue weighted by Crippen LogP contribution is -2.57. The average Bonchev–Trinajstić information content (AvgIpc) is 2.76. The minimum absolute atomic E-state index is 0.204. The fourth-order valence-electron chi connectivity index (χ4n) is 4.23.